The molecule has 0 fully saturated rings. The number of hydrogen-bond donors (Lipinski definition) is 0. The van der Waals surface area contributed by atoms with Gasteiger partial charge in [-0.15, -0.1) is 0 Å². The average Bonchev–Trinajstić information content (AvgIpc) is 2.16. The van der Waals surface area contributed by atoms with Gasteiger partial charge in [0.25, 0.3) is 0 Å². The standard InChI is InChI=1S/C6H10F6O4Si/c1-13-17(14-2,15-3-5(7,8)9)16-4-6(10,11)12/h3-4H2,1-2H3. The van der Waals surface area contributed by atoms with Crippen molar-refractivity contribution in [1.82, 2.24) is 0 Å². The molecule has 0 aromatic carbocycles. The van der Waals surface area contributed by atoms with E-state index in [0.717, 1.165) is 14.2 Å². The van der Waals surface area contributed by atoms with Crippen LogP contribution in [0.4, 0.5) is 26.3 Å². The third-order valence-electron chi connectivity index (χ3n) is 1.33. The van der Waals surface area contributed by atoms with Gasteiger partial charge >= 0.3 is 21.4 Å². The van der Waals surface area contributed by atoms with E-state index in [0.29, 0.717) is 0 Å². The van der Waals surface area contributed by atoms with Gasteiger partial charge in [0.15, 0.2) is 0 Å². The van der Waals surface area contributed by atoms with Gasteiger partial charge in [0.2, 0.25) is 0 Å². The zero-order chi connectivity index (χ0) is 13.7. The quantitative estimate of drug-likeness (QED) is 0.552. The summed E-state index contributed by atoms with van der Waals surface area (Å²) in [7, 11) is -2.73. The fourth-order valence-corrected chi connectivity index (χ4v) is 2.10. The van der Waals surface area contributed by atoms with Crippen molar-refractivity contribution < 1.29 is 44.0 Å². The van der Waals surface area contributed by atoms with Gasteiger partial charge in [-0.3, -0.25) is 0 Å². The predicted molar refractivity (Wildman–Crippen MR) is 43.8 cm³/mol. The maximum Gasteiger partial charge on any atom is 0.679 e. The Labute approximate surface area is 93.9 Å². The summed E-state index contributed by atoms with van der Waals surface area (Å²) in [6.45, 7) is -3.64. The van der Waals surface area contributed by atoms with Crippen LogP contribution in [0.2, 0.25) is 0 Å². The Kier molecular flexibility index (Phi) is 5.87. The molecule has 0 aliphatic carbocycles. The van der Waals surface area contributed by atoms with Gasteiger partial charge in [0.05, 0.1) is 0 Å². The Bertz CT molecular complexity index is 206. The highest BCUT2D eigenvalue weighted by atomic mass is 28.4. The van der Waals surface area contributed by atoms with Gasteiger partial charge in [0.1, 0.15) is 13.2 Å². The molecule has 0 saturated carbocycles. The molecule has 104 valence electrons. The Morgan fingerprint density at radius 2 is 1.06 bits per heavy atom. The van der Waals surface area contributed by atoms with Gasteiger partial charge < -0.3 is 17.7 Å². The van der Waals surface area contributed by atoms with Crippen molar-refractivity contribution in [1.29, 1.82) is 0 Å². The molecule has 0 amide bonds. The second-order valence-electron chi connectivity index (χ2n) is 2.72. The van der Waals surface area contributed by atoms with Crippen LogP contribution in [0.3, 0.4) is 0 Å². The fourth-order valence-electron chi connectivity index (χ4n) is 0.701. The van der Waals surface area contributed by atoms with Crippen molar-refractivity contribution in [2.75, 3.05) is 27.4 Å². The Hall–Kier alpha value is -0.363. The molecule has 0 aliphatic rings. The van der Waals surface area contributed by atoms with E-state index in [4.69, 9.17) is 0 Å². The van der Waals surface area contributed by atoms with Crippen LogP contribution in [0.25, 0.3) is 0 Å². The largest absolute Gasteiger partial charge is 0.679 e. The lowest BCUT2D eigenvalue weighted by Crippen LogP contribution is -2.50. The van der Waals surface area contributed by atoms with Gasteiger partial charge in [0, 0.05) is 14.2 Å². The van der Waals surface area contributed by atoms with E-state index in [1.54, 1.807) is 0 Å². The summed E-state index contributed by atoms with van der Waals surface area (Å²) in [6.07, 6.45) is -9.45. The Morgan fingerprint density at radius 3 is 1.24 bits per heavy atom. The molecule has 0 atom stereocenters. The summed E-state index contributed by atoms with van der Waals surface area (Å²) in [6, 6.07) is 0. The lowest BCUT2D eigenvalue weighted by molar-refractivity contribution is -0.191. The van der Waals surface area contributed by atoms with Crippen molar-refractivity contribution in [2.45, 2.75) is 12.4 Å². The third-order valence-corrected chi connectivity index (χ3v) is 3.32. The first-order chi connectivity index (χ1) is 7.54. The number of rotatable bonds is 6. The van der Waals surface area contributed by atoms with E-state index in [1.807, 2.05) is 0 Å². The van der Waals surface area contributed by atoms with Crippen LogP contribution in [0, 0.1) is 0 Å². The normalized spacial score (nSPS) is 14.1. The third kappa shape index (κ3) is 7.54. The molecule has 0 heterocycles. The second kappa shape index (κ2) is 6.00. The van der Waals surface area contributed by atoms with Crippen LogP contribution in [-0.2, 0) is 17.7 Å². The van der Waals surface area contributed by atoms with Crippen LogP contribution >= 0.6 is 0 Å². The highest BCUT2D eigenvalue weighted by molar-refractivity contribution is 6.53. The molecule has 0 unspecified atom stereocenters. The summed E-state index contributed by atoms with van der Waals surface area (Å²) < 4.78 is 88.0. The second-order valence-corrected chi connectivity index (χ2v) is 5.11. The van der Waals surface area contributed by atoms with E-state index < -0.39 is 34.6 Å². The molecule has 0 aliphatic heterocycles. The maximum absolute atomic E-state index is 11.8. The summed E-state index contributed by atoms with van der Waals surface area (Å²) in [4.78, 5) is 0. The summed E-state index contributed by atoms with van der Waals surface area (Å²) in [5.41, 5.74) is 0. The number of hydrogen-bond acceptors (Lipinski definition) is 4. The summed E-state index contributed by atoms with van der Waals surface area (Å²) >= 11 is 0. The van der Waals surface area contributed by atoms with E-state index in [-0.39, 0.29) is 0 Å². The van der Waals surface area contributed by atoms with Gasteiger partial charge in [-0.05, 0) is 0 Å². The van der Waals surface area contributed by atoms with Gasteiger partial charge in [-0.25, -0.2) is 0 Å². The summed E-state index contributed by atoms with van der Waals surface area (Å²) in [5, 5.41) is 0. The molecule has 0 rings (SSSR count). The van der Waals surface area contributed by atoms with Crippen molar-refractivity contribution in [3.8, 4) is 0 Å². The van der Waals surface area contributed by atoms with E-state index in [1.165, 1.54) is 0 Å². The molecule has 0 bridgehead atoms. The minimum Gasteiger partial charge on any atom is -0.355 e. The number of alkyl halides is 6. The van der Waals surface area contributed by atoms with E-state index in [2.05, 4.69) is 17.7 Å². The van der Waals surface area contributed by atoms with Gasteiger partial charge in [-0.2, -0.15) is 26.3 Å². The van der Waals surface area contributed by atoms with Crippen LogP contribution < -0.4 is 0 Å². The smallest absolute Gasteiger partial charge is 0.355 e. The van der Waals surface area contributed by atoms with Crippen molar-refractivity contribution >= 4 is 9.05 Å². The predicted octanol–water partition coefficient (Wildman–Crippen LogP) is 1.87. The van der Waals surface area contributed by atoms with Crippen molar-refractivity contribution in [2.24, 2.45) is 0 Å². The first-order valence-electron chi connectivity index (χ1n) is 4.05. The molecule has 0 N–H and O–H groups in total. The molecular formula is C6H10F6O4Si. The molecule has 11 heteroatoms. The van der Waals surface area contributed by atoms with Gasteiger partial charge in [-0.1, -0.05) is 0 Å². The SMILES string of the molecule is CO[Si](OC)(OCC(F)(F)F)OCC(F)(F)F. The average molecular weight is 288 g/mol. The van der Waals surface area contributed by atoms with Crippen LogP contribution in [-0.4, -0.2) is 48.8 Å². The minimum atomic E-state index is -4.73. The molecule has 0 aromatic heterocycles. The highest BCUT2D eigenvalue weighted by Crippen LogP contribution is 2.22. The Balaban J connectivity index is 4.46. The van der Waals surface area contributed by atoms with E-state index in [9.17, 15) is 26.3 Å². The van der Waals surface area contributed by atoms with Crippen LogP contribution in [0.1, 0.15) is 0 Å². The van der Waals surface area contributed by atoms with Crippen molar-refractivity contribution in [3.05, 3.63) is 0 Å². The van der Waals surface area contributed by atoms with E-state index >= 15 is 0 Å². The fraction of sp³-hybridized carbons (Fsp3) is 1.00. The number of halogens is 6. The Morgan fingerprint density at radius 1 is 0.765 bits per heavy atom. The molecule has 17 heavy (non-hydrogen) atoms. The lowest BCUT2D eigenvalue weighted by Gasteiger charge is -2.25. The molecular weight excluding hydrogens is 278 g/mol. The minimum absolute atomic E-state index is 0.836. The first kappa shape index (κ1) is 16.6. The molecule has 0 radical (unpaired) electrons. The highest BCUT2D eigenvalue weighted by Gasteiger charge is 2.49. The van der Waals surface area contributed by atoms with Crippen LogP contribution in [0.15, 0.2) is 0 Å². The zero-order valence-electron chi connectivity index (χ0n) is 8.81. The zero-order valence-corrected chi connectivity index (χ0v) is 9.81. The van der Waals surface area contributed by atoms with Crippen molar-refractivity contribution in [3.63, 3.8) is 0 Å². The molecule has 4 nitrogen and oxygen atoms in total. The monoisotopic (exact) mass is 288 g/mol. The lowest BCUT2D eigenvalue weighted by atomic mass is 10.7. The topological polar surface area (TPSA) is 36.9 Å². The van der Waals surface area contributed by atoms with Crippen LogP contribution in [0.5, 0.6) is 0 Å². The molecule has 0 spiro atoms. The first-order valence-corrected chi connectivity index (χ1v) is 5.68. The molecule has 0 saturated heterocycles. The molecule has 0 aromatic rings. The summed E-state index contributed by atoms with van der Waals surface area (Å²) in [5.74, 6) is 0. The maximum atomic E-state index is 11.8.